The SMILES string of the molecule is Cc1cccc(C(=O)[C@]2(N(Cc3ccccc3Cl)c3ccc(C#N)c(Cl)c3)CCNC2)c1. The number of ketones is 1. The summed E-state index contributed by atoms with van der Waals surface area (Å²) in [5.41, 5.74) is 2.99. The van der Waals surface area contributed by atoms with Crippen molar-refractivity contribution in [2.45, 2.75) is 25.4 Å². The van der Waals surface area contributed by atoms with E-state index < -0.39 is 5.54 Å². The minimum absolute atomic E-state index is 0.0544. The molecule has 1 N–H and O–H groups in total. The lowest BCUT2D eigenvalue weighted by Crippen LogP contribution is -2.56. The summed E-state index contributed by atoms with van der Waals surface area (Å²) in [7, 11) is 0. The molecule has 3 aromatic rings. The summed E-state index contributed by atoms with van der Waals surface area (Å²) >= 11 is 12.9. The van der Waals surface area contributed by atoms with Gasteiger partial charge in [-0.25, -0.2) is 0 Å². The molecule has 1 atom stereocenters. The molecule has 4 nitrogen and oxygen atoms in total. The normalized spacial score (nSPS) is 17.7. The van der Waals surface area contributed by atoms with Gasteiger partial charge in [0.2, 0.25) is 0 Å². The van der Waals surface area contributed by atoms with Crippen LogP contribution in [0, 0.1) is 18.3 Å². The molecule has 3 aromatic carbocycles. The molecule has 0 radical (unpaired) electrons. The molecule has 32 heavy (non-hydrogen) atoms. The van der Waals surface area contributed by atoms with Gasteiger partial charge in [-0.1, -0.05) is 65.2 Å². The second-order valence-corrected chi connectivity index (χ2v) is 8.92. The highest BCUT2D eigenvalue weighted by Gasteiger charge is 2.47. The molecule has 1 aliphatic heterocycles. The second-order valence-electron chi connectivity index (χ2n) is 8.11. The molecule has 1 fully saturated rings. The van der Waals surface area contributed by atoms with Crippen LogP contribution < -0.4 is 10.2 Å². The number of nitrogens with one attached hydrogen (secondary N) is 1. The van der Waals surface area contributed by atoms with E-state index in [2.05, 4.69) is 16.3 Å². The van der Waals surface area contributed by atoms with Crippen LogP contribution in [0.2, 0.25) is 10.0 Å². The number of nitriles is 1. The van der Waals surface area contributed by atoms with Crippen molar-refractivity contribution in [1.82, 2.24) is 5.32 Å². The van der Waals surface area contributed by atoms with Crippen molar-refractivity contribution in [1.29, 1.82) is 5.26 Å². The van der Waals surface area contributed by atoms with Gasteiger partial charge in [0.25, 0.3) is 0 Å². The average Bonchev–Trinajstić information content (AvgIpc) is 3.29. The number of carbonyl (C=O) groups excluding carboxylic acids is 1. The molecule has 0 unspecified atom stereocenters. The Hall–Kier alpha value is -2.84. The Bertz CT molecular complexity index is 1200. The molecule has 0 aromatic heterocycles. The lowest BCUT2D eigenvalue weighted by atomic mass is 9.85. The summed E-state index contributed by atoms with van der Waals surface area (Å²) in [5.74, 6) is 0.0544. The molecule has 162 valence electrons. The molecule has 6 heteroatoms. The first kappa shape index (κ1) is 22.4. The second kappa shape index (κ2) is 9.34. The first-order valence-corrected chi connectivity index (χ1v) is 11.2. The predicted octanol–water partition coefficient (Wildman–Crippen LogP) is 5.80. The topological polar surface area (TPSA) is 56.1 Å². The number of carbonyl (C=O) groups is 1. The van der Waals surface area contributed by atoms with Crippen molar-refractivity contribution in [2.75, 3.05) is 18.0 Å². The van der Waals surface area contributed by atoms with Crippen LogP contribution in [-0.4, -0.2) is 24.4 Å². The van der Waals surface area contributed by atoms with Crippen molar-refractivity contribution in [3.63, 3.8) is 0 Å². The van der Waals surface area contributed by atoms with Crippen LogP contribution in [0.5, 0.6) is 0 Å². The van der Waals surface area contributed by atoms with Crippen LogP contribution in [0.4, 0.5) is 5.69 Å². The fourth-order valence-electron chi connectivity index (χ4n) is 4.33. The molecule has 1 heterocycles. The molecular weight excluding hydrogens is 441 g/mol. The van der Waals surface area contributed by atoms with Gasteiger partial charge in [0.1, 0.15) is 11.6 Å². The van der Waals surface area contributed by atoms with E-state index in [1.165, 1.54) is 0 Å². The largest absolute Gasteiger partial charge is 0.353 e. The quantitative estimate of drug-likeness (QED) is 0.469. The predicted molar refractivity (Wildman–Crippen MR) is 130 cm³/mol. The van der Waals surface area contributed by atoms with E-state index in [9.17, 15) is 10.1 Å². The van der Waals surface area contributed by atoms with Crippen molar-refractivity contribution in [3.8, 4) is 6.07 Å². The number of hydrogen-bond donors (Lipinski definition) is 1. The van der Waals surface area contributed by atoms with E-state index in [0.29, 0.717) is 40.7 Å². The number of benzene rings is 3. The van der Waals surface area contributed by atoms with Crippen molar-refractivity contribution in [2.24, 2.45) is 0 Å². The molecule has 0 amide bonds. The monoisotopic (exact) mass is 463 g/mol. The Morgan fingerprint density at radius 1 is 1.09 bits per heavy atom. The fourth-order valence-corrected chi connectivity index (χ4v) is 4.74. The molecule has 1 saturated heterocycles. The Balaban J connectivity index is 1.86. The van der Waals surface area contributed by atoms with Gasteiger partial charge < -0.3 is 10.2 Å². The standard InChI is InChI=1S/C26H23Cl2N3O/c1-18-5-4-7-19(13-18)25(32)26(11-12-30-17-26)31(16-21-6-2-3-8-23(21)27)22-10-9-20(15-29)24(28)14-22/h2-10,13-14,30H,11-12,16-17H2,1H3/t26-/m0/s1. The van der Waals surface area contributed by atoms with Crippen molar-refractivity contribution < 1.29 is 4.79 Å². The van der Waals surface area contributed by atoms with E-state index in [0.717, 1.165) is 23.4 Å². The average molecular weight is 464 g/mol. The molecule has 0 bridgehead atoms. The highest BCUT2D eigenvalue weighted by molar-refractivity contribution is 6.32. The van der Waals surface area contributed by atoms with E-state index in [1.54, 1.807) is 12.1 Å². The summed E-state index contributed by atoms with van der Waals surface area (Å²) in [6, 6.07) is 22.8. The number of Topliss-reactive ketones (excluding diaryl/α,β-unsaturated/α-hetero) is 1. The number of hydrogen-bond acceptors (Lipinski definition) is 4. The van der Waals surface area contributed by atoms with E-state index >= 15 is 0 Å². The number of halogens is 2. The van der Waals surface area contributed by atoms with Crippen LogP contribution in [0.3, 0.4) is 0 Å². The van der Waals surface area contributed by atoms with Gasteiger partial charge in [-0.2, -0.15) is 5.26 Å². The number of aryl methyl sites for hydroxylation is 1. The third-order valence-corrected chi connectivity index (χ3v) is 6.70. The van der Waals surface area contributed by atoms with E-state index in [1.807, 2.05) is 61.5 Å². The van der Waals surface area contributed by atoms with Crippen molar-refractivity contribution in [3.05, 3.63) is 99.0 Å². The maximum absolute atomic E-state index is 14.0. The van der Waals surface area contributed by atoms with Crippen LogP contribution >= 0.6 is 23.2 Å². The zero-order chi connectivity index (χ0) is 22.7. The number of nitrogens with zero attached hydrogens (tertiary/aromatic N) is 2. The highest BCUT2D eigenvalue weighted by atomic mass is 35.5. The summed E-state index contributed by atoms with van der Waals surface area (Å²) in [4.78, 5) is 16.1. The summed E-state index contributed by atoms with van der Waals surface area (Å²) in [6.45, 7) is 3.64. The lowest BCUT2D eigenvalue weighted by Gasteiger charge is -2.42. The Morgan fingerprint density at radius 2 is 1.91 bits per heavy atom. The van der Waals surface area contributed by atoms with Crippen molar-refractivity contribution >= 4 is 34.7 Å². The van der Waals surface area contributed by atoms with Crippen LogP contribution in [0.15, 0.2) is 66.7 Å². The first-order chi connectivity index (χ1) is 15.4. The van der Waals surface area contributed by atoms with Crippen LogP contribution in [-0.2, 0) is 6.54 Å². The summed E-state index contributed by atoms with van der Waals surface area (Å²) in [6.07, 6.45) is 0.641. The molecule has 4 rings (SSSR count). The molecule has 0 saturated carbocycles. The van der Waals surface area contributed by atoms with Gasteiger partial charge in [0, 0.05) is 29.4 Å². The Labute approximate surface area is 198 Å². The summed E-state index contributed by atoms with van der Waals surface area (Å²) in [5, 5.41) is 13.7. The van der Waals surface area contributed by atoms with Crippen LogP contribution in [0.1, 0.15) is 33.5 Å². The molecular formula is C26H23Cl2N3O. The number of anilines is 1. The minimum Gasteiger partial charge on any atom is -0.353 e. The van der Waals surface area contributed by atoms with Gasteiger partial charge >= 0.3 is 0 Å². The maximum atomic E-state index is 14.0. The Morgan fingerprint density at radius 3 is 2.56 bits per heavy atom. The van der Waals surface area contributed by atoms with E-state index in [4.69, 9.17) is 23.2 Å². The van der Waals surface area contributed by atoms with Crippen LogP contribution in [0.25, 0.3) is 0 Å². The minimum atomic E-state index is -0.815. The maximum Gasteiger partial charge on any atom is 0.189 e. The number of rotatable bonds is 6. The fraction of sp³-hybridized carbons (Fsp3) is 0.231. The zero-order valence-electron chi connectivity index (χ0n) is 17.7. The smallest absolute Gasteiger partial charge is 0.189 e. The molecule has 0 spiro atoms. The van der Waals surface area contributed by atoms with Gasteiger partial charge in [-0.05, 0) is 55.8 Å². The van der Waals surface area contributed by atoms with Gasteiger partial charge in [-0.3, -0.25) is 4.79 Å². The third kappa shape index (κ3) is 4.25. The third-order valence-electron chi connectivity index (χ3n) is 6.02. The van der Waals surface area contributed by atoms with Gasteiger partial charge in [0.15, 0.2) is 5.78 Å². The first-order valence-electron chi connectivity index (χ1n) is 10.5. The van der Waals surface area contributed by atoms with Gasteiger partial charge in [-0.15, -0.1) is 0 Å². The summed E-state index contributed by atoms with van der Waals surface area (Å²) < 4.78 is 0. The zero-order valence-corrected chi connectivity index (χ0v) is 19.2. The molecule has 0 aliphatic carbocycles. The lowest BCUT2D eigenvalue weighted by molar-refractivity contribution is 0.0892. The molecule has 1 aliphatic rings. The van der Waals surface area contributed by atoms with E-state index in [-0.39, 0.29) is 5.78 Å². The van der Waals surface area contributed by atoms with Gasteiger partial charge in [0.05, 0.1) is 10.6 Å². The highest BCUT2D eigenvalue weighted by Crippen LogP contribution is 2.37. The Kier molecular flexibility index (Phi) is 6.53.